The van der Waals surface area contributed by atoms with Gasteiger partial charge in [-0.3, -0.25) is 9.59 Å². The zero-order valence-electron chi connectivity index (χ0n) is 18.7. The van der Waals surface area contributed by atoms with Crippen molar-refractivity contribution in [3.05, 3.63) is 63.6 Å². The number of benzene rings is 2. The van der Waals surface area contributed by atoms with E-state index in [1.54, 1.807) is 18.2 Å². The van der Waals surface area contributed by atoms with E-state index >= 15 is 0 Å². The first-order valence-electron chi connectivity index (χ1n) is 10.3. The molecule has 0 aromatic heterocycles. The molecule has 5 nitrogen and oxygen atoms in total. The number of carbonyl (C=O) groups is 2. The van der Waals surface area contributed by atoms with E-state index in [9.17, 15) is 9.59 Å². The van der Waals surface area contributed by atoms with Crippen LogP contribution < -0.4 is 10.1 Å². The lowest BCUT2D eigenvalue weighted by Crippen LogP contribution is -2.54. The van der Waals surface area contributed by atoms with Crippen molar-refractivity contribution < 1.29 is 14.3 Å². The van der Waals surface area contributed by atoms with Crippen LogP contribution >= 0.6 is 23.2 Å². The van der Waals surface area contributed by atoms with Crippen molar-refractivity contribution in [2.45, 2.75) is 59.2 Å². The Morgan fingerprint density at radius 3 is 2.39 bits per heavy atom. The van der Waals surface area contributed by atoms with Crippen LogP contribution in [-0.4, -0.2) is 34.9 Å². The minimum absolute atomic E-state index is 0.169. The zero-order valence-corrected chi connectivity index (χ0v) is 20.2. The number of hydrogen-bond acceptors (Lipinski definition) is 3. The Bertz CT molecular complexity index is 925. The SMILES string of the molecule is CC[C@@H](C(=O)NC(C)(C)C)N(Cc1ccc(Cl)cc1Cl)C(=O)COc1ccccc1C. The summed E-state index contributed by atoms with van der Waals surface area (Å²) in [5, 5.41) is 3.92. The van der Waals surface area contributed by atoms with Crippen molar-refractivity contribution in [2.24, 2.45) is 0 Å². The average molecular weight is 465 g/mol. The van der Waals surface area contributed by atoms with Crippen LogP contribution in [-0.2, 0) is 16.1 Å². The van der Waals surface area contributed by atoms with Gasteiger partial charge in [-0.15, -0.1) is 0 Å². The van der Waals surface area contributed by atoms with E-state index in [0.29, 0.717) is 27.8 Å². The van der Waals surface area contributed by atoms with Crippen LogP contribution in [0.15, 0.2) is 42.5 Å². The maximum absolute atomic E-state index is 13.2. The number of rotatable bonds is 8. The van der Waals surface area contributed by atoms with Crippen molar-refractivity contribution in [2.75, 3.05) is 6.61 Å². The third-order valence-electron chi connectivity index (χ3n) is 4.68. The number of amides is 2. The average Bonchev–Trinajstić information content (AvgIpc) is 2.67. The molecule has 0 bridgehead atoms. The predicted molar refractivity (Wildman–Crippen MR) is 126 cm³/mol. The number of ether oxygens (including phenoxy) is 1. The smallest absolute Gasteiger partial charge is 0.261 e. The Kier molecular flexibility index (Phi) is 8.78. The van der Waals surface area contributed by atoms with Gasteiger partial charge in [0.2, 0.25) is 5.91 Å². The summed E-state index contributed by atoms with van der Waals surface area (Å²) in [5.41, 5.74) is 1.21. The Hall–Kier alpha value is -2.24. The third kappa shape index (κ3) is 7.44. The maximum atomic E-state index is 13.2. The number of carbonyl (C=O) groups excluding carboxylic acids is 2. The van der Waals surface area contributed by atoms with E-state index in [1.165, 1.54) is 4.90 Å². The predicted octanol–water partition coefficient (Wildman–Crippen LogP) is 5.40. The van der Waals surface area contributed by atoms with Crippen molar-refractivity contribution in [3.63, 3.8) is 0 Å². The topological polar surface area (TPSA) is 58.6 Å². The van der Waals surface area contributed by atoms with Gasteiger partial charge in [0, 0.05) is 22.1 Å². The number of nitrogens with zero attached hydrogens (tertiary/aromatic N) is 1. The van der Waals surface area contributed by atoms with Gasteiger partial charge >= 0.3 is 0 Å². The van der Waals surface area contributed by atoms with E-state index in [0.717, 1.165) is 5.56 Å². The lowest BCUT2D eigenvalue weighted by molar-refractivity contribution is -0.143. The maximum Gasteiger partial charge on any atom is 0.261 e. The van der Waals surface area contributed by atoms with E-state index in [2.05, 4.69) is 5.32 Å². The van der Waals surface area contributed by atoms with E-state index < -0.39 is 11.6 Å². The summed E-state index contributed by atoms with van der Waals surface area (Å²) in [4.78, 5) is 27.7. The molecule has 0 fully saturated rings. The van der Waals surface area contributed by atoms with Crippen LogP contribution in [0.5, 0.6) is 5.75 Å². The Labute approximate surface area is 194 Å². The monoisotopic (exact) mass is 464 g/mol. The molecule has 0 aliphatic rings. The molecule has 31 heavy (non-hydrogen) atoms. The number of halogens is 2. The van der Waals surface area contributed by atoms with Crippen molar-refractivity contribution in [1.29, 1.82) is 0 Å². The van der Waals surface area contributed by atoms with Crippen LogP contribution in [0.3, 0.4) is 0 Å². The minimum Gasteiger partial charge on any atom is -0.484 e. The van der Waals surface area contributed by atoms with Gasteiger partial charge in [-0.05, 0) is 63.4 Å². The summed E-state index contributed by atoms with van der Waals surface area (Å²) in [6.07, 6.45) is 0.448. The Morgan fingerprint density at radius 1 is 1.13 bits per heavy atom. The Morgan fingerprint density at radius 2 is 1.81 bits per heavy atom. The number of hydrogen-bond donors (Lipinski definition) is 1. The van der Waals surface area contributed by atoms with Crippen molar-refractivity contribution in [3.8, 4) is 5.75 Å². The number of nitrogens with one attached hydrogen (secondary N) is 1. The standard InChI is InChI=1S/C24H30Cl2N2O3/c1-6-20(23(30)27-24(3,4)5)28(14-17-11-12-18(25)13-19(17)26)22(29)15-31-21-10-8-7-9-16(21)2/h7-13,20H,6,14-15H2,1-5H3,(H,27,30)/t20-/m0/s1. The highest BCUT2D eigenvalue weighted by molar-refractivity contribution is 6.35. The molecule has 0 unspecified atom stereocenters. The molecule has 0 aliphatic carbocycles. The lowest BCUT2D eigenvalue weighted by Gasteiger charge is -2.33. The summed E-state index contributed by atoms with van der Waals surface area (Å²) in [6, 6.07) is 11.9. The molecule has 0 radical (unpaired) electrons. The fraction of sp³-hybridized carbons (Fsp3) is 0.417. The van der Waals surface area contributed by atoms with Gasteiger partial charge in [-0.1, -0.05) is 54.4 Å². The van der Waals surface area contributed by atoms with Gasteiger partial charge in [0.15, 0.2) is 6.61 Å². The van der Waals surface area contributed by atoms with Gasteiger partial charge in [-0.2, -0.15) is 0 Å². The first kappa shape index (κ1) is 25.0. The summed E-state index contributed by atoms with van der Waals surface area (Å²) >= 11 is 12.4. The van der Waals surface area contributed by atoms with Crippen LogP contribution in [0, 0.1) is 6.92 Å². The fourth-order valence-corrected chi connectivity index (χ4v) is 3.61. The van der Waals surface area contributed by atoms with Crippen LogP contribution in [0.25, 0.3) is 0 Å². The highest BCUT2D eigenvalue weighted by Crippen LogP contribution is 2.24. The van der Waals surface area contributed by atoms with Crippen molar-refractivity contribution >= 4 is 35.0 Å². The van der Waals surface area contributed by atoms with Gasteiger partial charge in [-0.25, -0.2) is 0 Å². The first-order valence-corrected chi connectivity index (χ1v) is 11.0. The quantitative estimate of drug-likeness (QED) is 0.568. The summed E-state index contributed by atoms with van der Waals surface area (Å²) < 4.78 is 5.76. The molecule has 0 heterocycles. The highest BCUT2D eigenvalue weighted by Gasteiger charge is 2.31. The second kappa shape index (κ2) is 10.9. The summed E-state index contributed by atoms with van der Waals surface area (Å²) in [5.74, 6) is 0.113. The molecule has 1 N–H and O–H groups in total. The highest BCUT2D eigenvalue weighted by atomic mass is 35.5. The molecule has 1 atom stereocenters. The fourth-order valence-electron chi connectivity index (χ4n) is 3.15. The normalized spacial score (nSPS) is 12.2. The first-order chi connectivity index (χ1) is 14.5. The summed E-state index contributed by atoms with van der Waals surface area (Å²) in [7, 11) is 0. The second-order valence-corrected chi connectivity index (χ2v) is 9.32. The van der Waals surface area contributed by atoms with E-state index in [4.69, 9.17) is 27.9 Å². The molecular formula is C24H30Cl2N2O3. The van der Waals surface area contributed by atoms with Gasteiger partial charge in [0.1, 0.15) is 11.8 Å². The molecule has 0 saturated heterocycles. The van der Waals surface area contributed by atoms with Crippen LogP contribution in [0.1, 0.15) is 45.2 Å². The third-order valence-corrected chi connectivity index (χ3v) is 5.27. The van der Waals surface area contributed by atoms with Crippen LogP contribution in [0.4, 0.5) is 0 Å². The molecule has 168 valence electrons. The van der Waals surface area contributed by atoms with Crippen LogP contribution in [0.2, 0.25) is 10.0 Å². The molecule has 0 spiro atoms. The molecule has 2 amide bonds. The largest absolute Gasteiger partial charge is 0.484 e. The summed E-state index contributed by atoms with van der Waals surface area (Å²) in [6.45, 7) is 9.48. The lowest BCUT2D eigenvalue weighted by atomic mass is 10.1. The minimum atomic E-state index is -0.668. The molecule has 0 saturated carbocycles. The van der Waals surface area contributed by atoms with Crippen molar-refractivity contribution in [1.82, 2.24) is 10.2 Å². The molecule has 2 rings (SSSR count). The van der Waals surface area contributed by atoms with Gasteiger partial charge in [0.25, 0.3) is 5.91 Å². The second-order valence-electron chi connectivity index (χ2n) is 8.47. The Balaban J connectivity index is 2.29. The molecule has 2 aromatic carbocycles. The number of aryl methyl sites for hydroxylation is 1. The molecule has 7 heteroatoms. The van der Waals surface area contributed by atoms with Gasteiger partial charge in [0.05, 0.1) is 0 Å². The zero-order chi connectivity index (χ0) is 23.2. The molecule has 2 aromatic rings. The van der Waals surface area contributed by atoms with Gasteiger partial charge < -0.3 is 15.0 Å². The molecular weight excluding hydrogens is 435 g/mol. The molecule has 0 aliphatic heterocycles. The number of para-hydroxylation sites is 1. The van der Waals surface area contributed by atoms with E-state index in [-0.39, 0.29) is 25.0 Å². The van der Waals surface area contributed by atoms with E-state index in [1.807, 2.05) is 58.9 Å².